The van der Waals surface area contributed by atoms with E-state index >= 15 is 0 Å². The number of aryl methyl sites for hydroxylation is 1. The van der Waals surface area contributed by atoms with Gasteiger partial charge < -0.3 is 15.2 Å². The fourth-order valence-electron chi connectivity index (χ4n) is 1.84. The van der Waals surface area contributed by atoms with Gasteiger partial charge in [-0.25, -0.2) is 13.2 Å². The summed E-state index contributed by atoms with van der Waals surface area (Å²) in [5.41, 5.74) is 0. The van der Waals surface area contributed by atoms with Gasteiger partial charge in [-0.15, -0.1) is 0 Å². The molecule has 124 valence electrons. The van der Waals surface area contributed by atoms with E-state index in [2.05, 4.69) is 20.8 Å². The van der Waals surface area contributed by atoms with Crippen LogP contribution in [0.3, 0.4) is 0 Å². The van der Waals surface area contributed by atoms with Crippen molar-refractivity contribution >= 4 is 15.9 Å². The molecule has 1 aromatic heterocycles. The summed E-state index contributed by atoms with van der Waals surface area (Å²) >= 11 is 0. The van der Waals surface area contributed by atoms with Crippen LogP contribution in [0, 0.1) is 6.92 Å². The van der Waals surface area contributed by atoms with E-state index in [1.165, 1.54) is 12.1 Å². The number of carbonyl (C=O) groups excluding carboxylic acids is 1. The maximum Gasteiger partial charge on any atom is 0.315 e. The van der Waals surface area contributed by atoms with Crippen molar-refractivity contribution in [3.63, 3.8) is 0 Å². The number of sulfone groups is 1. The fraction of sp³-hybridized carbons (Fsp3) is 0.357. The van der Waals surface area contributed by atoms with Gasteiger partial charge in [0.15, 0.2) is 15.7 Å². The van der Waals surface area contributed by atoms with Crippen molar-refractivity contribution < 1.29 is 17.7 Å². The third-order valence-electron chi connectivity index (χ3n) is 3.02. The number of aromatic nitrogens is 2. The molecule has 0 saturated heterocycles. The summed E-state index contributed by atoms with van der Waals surface area (Å²) in [5.74, 6) is 0.580. The summed E-state index contributed by atoms with van der Waals surface area (Å²) in [7, 11) is -3.42. The van der Waals surface area contributed by atoms with Crippen LogP contribution in [0.15, 0.2) is 39.8 Å². The maximum absolute atomic E-state index is 12.1. The van der Waals surface area contributed by atoms with Crippen molar-refractivity contribution in [3.05, 3.63) is 42.0 Å². The Morgan fingerprint density at radius 3 is 2.61 bits per heavy atom. The van der Waals surface area contributed by atoms with Crippen LogP contribution >= 0.6 is 0 Å². The molecule has 0 spiro atoms. The van der Waals surface area contributed by atoms with Gasteiger partial charge in [-0.2, -0.15) is 4.98 Å². The average molecular weight is 338 g/mol. The third kappa shape index (κ3) is 4.78. The molecule has 9 heteroatoms. The van der Waals surface area contributed by atoms with Gasteiger partial charge in [-0.3, -0.25) is 0 Å². The van der Waals surface area contributed by atoms with Gasteiger partial charge >= 0.3 is 6.03 Å². The van der Waals surface area contributed by atoms with Crippen LogP contribution in [0.25, 0.3) is 0 Å². The lowest BCUT2D eigenvalue weighted by Gasteiger charge is -2.11. The second-order valence-electron chi connectivity index (χ2n) is 4.93. The summed E-state index contributed by atoms with van der Waals surface area (Å²) in [6, 6.07) is 7.12. The number of amides is 2. The number of rotatable bonds is 6. The van der Waals surface area contributed by atoms with Crippen LogP contribution in [-0.2, 0) is 9.84 Å². The van der Waals surface area contributed by atoms with Crippen molar-refractivity contribution in [2.45, 2.75) is 24.8 Å². The smallest absolute Gasteiger partial charge is 0.315 e. The Morgan fingerprint density at radius 1 is 1.30 bits per heavy atom. The molecule has 0 radical (unpaired) electrons. The third-order valence-corrected chi connectivity index (χ3v) is 4.75. The zero-order valence-corrected chi connectivity index (χ0v) is 13.6. The Balaban J connectivity index is 1.81. The first-order chi connectivity index (χ1) is 10.9. The van der Waals surface area contributed by atoms with E-state index in [4.69, 9.17) is 4.52 Å². The van der Waals surface area contributed by atoms with Gasteiger partial charge in [0.05, 0.1) is 10.6 Å². The van der Waals surface area contributed by atoms with Crippen molar-refractivity contribution in [1.29, 1.82) is 0 Å². The number of nitrogens with one attached hydrogen (secondary N) is 2. The van der Waals surface area contributed by atoms with E-state index < -0.39 is 21.9 Å². The van der Waals surface area contributed by atoms with Crippen LogP contribution in [0.1, 0.15) is 24.7 Å². The predicted octanol–water partition coefficient (Wildman–Crippen LogP) is 1.21. The Kier molecular flexibility index (Phi) is 5.32. The molecule has 0 fully saturated rings. The second kappa shape index (κ2) is 7.23. The zero-order valence-electron chi connectivity index (χ0n) is 12.8. The molecule has 23 heavy (non-hydrogen) atoms. The van der Waals surface area contributed by atoms with E-state index in [1.54, 1.807) is 32.0 Å². The maximum atomic E-state index is 12.1. The fourth-order valence-corrected chi connectivity index (χ4v) is 3.02. The quantitative estimate of drug-likeness (QED) is 0.818. The Labute approximate surface area is 134 Å². The van der Waals surface area contributed by atoms with Gasteiger partial charge in [0.1, 0.15) is 6.04 Å². The molecule has 1 aromatic carbocycles. The van der Waals surface area contributed by atoms with Crippen LogP contribution in [-0.4, -0.2) is 36.9 Å². The van der Waals surface area contributed by atoms with E-state index in [1.807, 2.05) is 0 Å². The van der Waals surface area contributed by atoms with Gasteiger partial charge in [0, 0.05) is 6.54 Å². The molecule has 2 amide bonds. The van der Waals surface area contributed by atoms with E-state index in [0.29, 0.717) is 5.82 Å². The highest BCUT2D eigenvalue weighted by Gasteiger charge is 2.17. The van der Waals surface area contributed by atoms with Crippen LogP contribution in [0.4, 0.5) is 4.79 Å². The number of benzene rings is 1. The number of hydrogen-bond acceptors (Lipinski definition) is 6. The molecule has 2 aromatic rings. The van der Waals surface area contributed by atoms with Crippen LogP contribution in [0.2, 0.25) is 0 Å². The molecule has 0 bridgehead atoms. The van der Waals surface area contributed by atoms with Gasteiger partial charge in [0.2, 0.25) is 5.89 Å². The summed E-state index contributed by atoms with van der Waals surface area (Å²) in [6.45, 7) is 3.36. The molecular formula is C14H18N4O4S. The molecule has 0 aliphatic heterocycles. The Hall–Kier alpha value is -2.42. The SMILES string of the molecule is Cc1noc(C(C)NC(=O)NCCS(=O)(=O)c2ccccc2)n1. The highest BCUT2D eigenvalue weighted by molar-refractivity contribution is 7.91. The van der Waals surface area contributed by atoms with E-state index in [9.17, 15) is 13.2 Å². The van der Waals surface area contributed by atoms with Crippen molar-refractivity contribution in [1.82, 2.24) is 20.8 Å². The molecule has 0 saturated carbocycles. The lowest BCUT2D eigenvalue weighted by atomic mass is 10.3. The second-order valence-corrected chi connectivity index (χ2v) is 7.04. The lowest BCUT2D eigenvalue weighted by molar-refractivity contribution is 0.234. The normalized spacial score (nSPS) is 12.6. The van der Waals surface area contributed by atoms with Gasteiger partial charge in [0.25, 0.3) is 0 Å². The predicted molar refractivity (Wildman–Crippen MR) is 82.5 cm³/mol. The van der Waals surface area contributed by atoms with Crippen molar-refractivity contribution in [2.24, 2.45) is 0 Å². The molecule has 0 aliphatic carbocycles. The molecule has 8 nitrogen and oxygen atoms in total. The molecule has 0 aliphatic rings. The van der Waals surface area contributed by atoms with Crippen molar-refractivity contribution in [2.75, 3.05) is 12.3 Å². The average Bonchev–Trinajstić information content (AvgIpc) is 2.94. The monoisotopic (exact) mass is 338 g/mol. The summed E-state index contributed by atoms with van der Waals surface area (Å²) < 4.78 is 29.1. The van der Waals surface area contributed by atoms with Crippen LogP contribution < -0.4 is 10.6 Å². The molecule has 2 N–H and O–H groups in total. The number of hydrogen-bond donors (Lipinski definition) is 2. The van der Waals surface area contributed by atoms with E-state index in [0.717, 1.165) is 0 Å². The minimum Gasteiger partial charge on any atom is -0.337 e. The first-order valence-electron chi connectivity index (χ1n) is 7.01. The number of nitrogens with zero attached hydrogens (tertiary/aromatic N) is 2. The highest BCUT2D eigenvalue weighted by Crippen LogP contribution is 2.10. The lowest BCUT2D eigenvalue weighted by Crippen LogP contribution is -2.39. The van der Waals surface area contributed by atoms with Crippen molar-refractivity contribution in [3.8, 4) is 0 Å². The first kappa shape index (κ1) is 16.9. The Morgan fingerprint density at radius 2 is 2.00 bits per heavy atom. The molecule has 1 atom stereocenters. The number of carbonyl (C=O) groups is 1. The molecule has 2 rings (SSSR count). The standard InChI is InChI=1S/C14H18N4O4S/c1-10(13-17-11(2)18-22-13)16-14(19)15-8-9-23(20,21)12-6-4-3-5-7-12/h3-7,10H,8-9H2,1-2H3,(H2,15,16,19). The van der Waals surface area contributed by atoms with E-state index in [-0.39, 0.29) is 23.1 Å². The highest BCUT2D eigenvalue weighted by atomic mass is 32.2. The molecular weight excluding hydrogens is 320 g/mol. The molecule has 1 unspecified atom stereocenters. The topological polar surface area (TPSA) is 114 Å². The summed E-state index contributed by atoms with van der Waals surface area (Å²) in [5, 5.41) is 8.73. The summed E-state index contributed by atoms with van der Waals surface area (Å²) in [4.78, 5) is 16.0. The zero-order chi connectivity index (χ0) is 16.9. The minimum absolute atomic E-state index is 0.00135. The largest absolute Gasteiger partial charge is 0.337 e. The van der Waals surface area contributed by atoms with Gasteiger partial charge in [-0.05, 0) is 26.0 Å². The number of urea groups is 1. The first-order valence-corrected chi connectivity index (χ1v) is 8.66. The Bertz CT molecular complexity index is 758. The molecule has 1 heterocycles. The summed E-state index contributed by atoms with van der Waals surface area (Å²) in [6.07, 6.45) is 0. The van der Waals surface area contributed by atoms with Gasteiger partial charge in [-0.1, -0.05) is 23.4 Å². The van der Waals surface area contributed by atoms with Crippen LogP contribution in [0.5, 0.6) is 0 Å². The minimum atomic E-state index is -3.42.